The lowest BCUT2D eigenvalue weighted by Crippen LogP contribution is -2.32. The number of rotatable bonds is 6. The number of amidine groups is 1. The van der Waals surface area contributed by atoms with Crippen LogP contribution >= 0.6 is 23.5 Å². The number of nitrogens with two attached hydrogens (primary N) is 1. The Bertz CT molecular complexity index is 790. The van der Waals surface area contributed by atoms with Gasteiger partial charge in [0, 0.05) is 36.9 Å². The van der Waals surface area contributed by atoms with Crippen LogP contribution in [0.2, 0.25) is 0 Å². The number of nitrogens with zero attached hydrogens (tertiary/aromatic N) is 3. The third-order valence-electron chi connectivity index (χ3n) is 4.19. The van der Waals surface area contributed by atoms with Crippen molar-refractivity contribution in [1.29, 1.82) is 0 Å². The second kappa shape index (κ2) is 10.5. The molecule has 0 unspecified atom stereocenters. The Morgan fingerprint density at radius 1 is 1.19 bits per heavy atom. The van der Waals surface area contributed by atoms with Crippen LogP contribution in [0.5, 0.6) is 0 Å². The summed E-state index contributed by atoms with van der Waals surface area (Å²) >= 11 is 3.40. The number of benzene rings is 2. The first-order chi connectivity index (χ1) is 13.2. The zero-order valence-corrected chi connectivity index (χ0v) is 16.7. The maximum Gasteiger partial charge on any atom is 0.180 e. The molecule has 2 N–H and O–H groups in total. The van der Waals surface area contributed by atoms with Gasteiger partial charge < -0.3 is 5.73 Å². The first-order valence-electron chi connectivity index (χ1n) is 8.82. The van der Waals surface area contributed by atoms with Crippen LogP contribution < -0.4 is 5.73 Å². The van der Waals surface area contributed by atoms with Crippen molar-refractivity contribution < 1.29 is 4.39 Å². The van der Waals surface area contributed by atoms with E-state index in [1.54, 1.807) is 18.3 Å². The van der Waals surface area contributed by atoms with Gasteiger partial charge in [-0.15, -0.1) is 5.10 Å². The van der Waals surface area contributed by atoms with Crippen molar-refractivity contribution in [2.75, 3.05) is 24.6 Å². The monoisotopic (exact) mass is 402 g/mol. The molecule has 0 aliphatic carbocycles. The topological polar surface area (TPSA) is 54.0 Å². The van der Waals surface area contributed by atoms with E-state index in [1.165, 1.54) is 23.4 Å². The van der Waals surface area contributed by atoms with Gasteiger partial charge in [-0.2, -0.15) is 16.9 Å². The molecule has 0 radical (unpaired) electrons. The summed E-state index contributed by atoms with van der Waals surface area (Å²) in [5.74, 6) is 2.77. The van der Waals surface area contributed by atoms with Crippen molar-refractivity contribution in [3.63, 3.8) is 0 Å². The molecule has 2 aromatic rings. The molecule has 0 bridgehead atoms. The van der Waals surface area contributed by atoms with Gasteiger partial charge in [-0.3, -0.25) is 4.90 Å². The summed E-state index contributed by atoms with van der Waals surface area (Å²) in [7, 11) is 0. The van der Waals surface area contributed by atoms with E-state index in [-0.39, 0.29) is 5.82 Å². The fourth-order valence-corrected chi connectivity index (χ4v) is 4.34. The van der Waals surface area contributed by atoms with Crippen LogP contribution in [0.15, 0.2) is 58.7 Å². The molecule has 1 aliphatic heterocycles. The highest BCUT2D eigenvalue weighted by Crippen LogP contribution is 2.17. The molecule has 142 valence electrons. The number of hydrogen-bond acceptors (Lipinski definition) is 5. The van der Waals surface area contributed by atoms with Gasteiger partial charge in [-0.1, -0.05) is 48.2 Å². The maximum absolute atomic E-state index is 13.7. The lowest BCUT2D eigenvalue weighted by molar-refractivity contribution is 0.294. The first-order valence-corrected chi connectivity index (χ1v) is 11.0. The van der Waals surface area contributed by atoms with E-state index in [2.05, 4.69) is 15.1 Å². The predicted molar refractivity (Wildman–Crippen MR) is 116 cm³/mol. The Kier molecular flexibility index (Phi) is 7.74. The molecular weight excluding hydrogens is 379 g/mol. The van der Waals surface area contributed by atoms with Crippen molar-refractivity contribution in [2.24, 2.45) is 15.9 Å². The van der Waals surface area contributed by atoms with Crippen LogP contribution in [0.25, 0.3) is 0 Å². The Hall–Kier alpha value is -1.83. The highest BCUT2D eigenvalue weighted by atomic mass is 32.2. The molecule has 1 heterocycles. The van der Waals surface area contributed by atoms with Crippen LogP contribution in [-0.4, -0.2) is 40.9 Å². The van der Waals surface area contributed by atoms with Crippen molar-refractivity contribution in [3.8, 4) is 0 Å². The lowest BCUT2D eigenvalue weighted by Gasteiger charge is -2.26. The fraction of sp³-hybridized carbons (Fsp3) is 0.300. The molecule has 27 heavy (non-hydrogen) atoms. The summed E-state index contributed by atoms with van der Waals surface area (Å²) in [6.07, 6.45) is 1.66. The van der Waals surface area contributed by atoms with Crippen molar-refractivity contribution in [1.82, 2.24) is 4.90 Å². The highest BCUT2D eigenvalue weighted by Gasteiger charge is 2.13. The summed E-state index contributed by atoms with van der Waals surface area (Å²) in [6, 6.07) is 14.9. The Morgan fingerprint density at radius 3 is 2.74 bits per heavy atom. The first kappa shape index (κ1) is 19.9. The Balaban J connectivity index is 1.61. The van der Waals surface area contributed by atoms with Gasteiger partial charge >= 0.3 is 0 Å². The van der Waals surface area contributed by atoms with Crippen LogP contribution in [0.3, 0.4) is 0 Å². The number of thioether (sulfide) groups is 2. The van der Waals surface area contributed by atoms with Crippen molar-refractivity contribution in [2.45, 2.75) is 12.3 Å². The number of hydrogen-bond donors (Lipinski definition) is 1. The third-order valence-corrected chi connectivity index (χ3v) is 5.98. The van der Waals surface area contributed by atoms with Gasteiger partial charge in [0.1, 0.15) is 5.82 Å². The second-order valence-electron chi connectivity index (χ2n) is 6.19. The van der Waals surface area contributed by atoms with Crippen LogP contribution in [0.4, 0.5) is 4.39 Å². The molecular formula is C20H23FN4S2. The lowest BCUT2D eigenvalue weighted by atomic mass is 10.1. The maximum atomic E-state index is 13.7. The van der Waals surface area contributed by atoms with Crippen LogP contribution in [0, 0.1) is 5.82 Å². The molecule has 1 fully saturated rings. The van der Waals surface area contributed by atoms with Crippen molar-refractivity contribution in [3.05, 3.63) is 71.0 Å². The largest absolute Gasteiger partial charge is 0.377 e. The van der Waals surface area contributed by atoms with E-state index in [9.17, 15) is 4.39 Å². The third kappa shape index (κ3) is 6.68. The van der Waals surface area contributed by atoms with E-state index in [0.717, 1.165) is 48.0 Å². The molecule has 7 heteroatoms. The molecule has 1 saturated heterocycles. The molecule has 4 nitrogen and oxygen atoms in total. The summed E-state index contributed by atoms with van der Waals surface area (Å²) in [6.45, 7) is 2.78. The zero-order valence-electron chi connectivity index (χ0n) is 15.1. The standard InChI is InChI=1S/C20H23FN4S2/c21-19-7-6-17(18(12-19)14-25-8-10-26-11-9-25)13-23-24-20(22)27-15-16-4-2-1-3-5-16/h1-7,12-13H,8-11,14-15H2,(H2,22,24). The average Bonchev–Trinajstić information content (AvgIpc) is 2.70. The van der Waals surface area contributed by atoms with Gasteiger partial charge in [0.05, 0.1) is 6.21 Å². The molecule has 1 aliphatic rings. The quantitative estimate of drug-likeness (QED) is 0.451. The van der Waals surface area contributed by atoms with Gasteiger partial charge in [0.15, 0.2) is 5.17 Å². The van der Waals surface area contributed by atoms with E-state index in [1.807, 2.05) is 42.1 Å². The van der Waals surface area contributed by atoms with Gasteiger partial charge in [0.2, 0.25) is 0 Å². The highest BCUT2D eigenvalue weighted by molar-refractivity contribution is 8.13. The van der Waals surface area contributed by atoms with E-state index >= 15 is 0 Å². The molecule has 0 amide bonds. The average molecular weight is 403 g/mol. The molecule has 0 spiro atoms. The minimum absolute atomic E-state index is 0.227. The zero-order chi connectivity index (χ0) is 18.9. The number of halogens is 1. The fourth-order valence-electron chi connectivity index (χ4n) is 2.75. The van der Waals surface area contributed by atoms with E-state index < -0.39 is 0 Å². The Morgan fingerprint density at radius 2 is 1.96 bits per heavy atom. The summed E-state index contributed by atoms with van der Waals surface area (Å²) in [4.78, 5) is 2.34. The minimum atomic E-state index is -0.227. The SMILES string of the molecule is NC(=NN=Cc1ccc(F)cc1CN1CCSCC1)SCc1ccccc1. The molecule has 2 aromatic carbocycles. The molecule has 3 rings (SSSR count). The van der Waals surface area contributed by atoms with Gasteiger partial charge in [-0.25, -0.2) is 4.39 Å². The summed E-state index contributed by atoms with van der Waals surface area (Å²) in [5, 5.41) is 8.58. The minimum Gasteiger partial charge on any atom is -0.377 e. The van der Waals surface area contributed by atoms with Gasteiger partial charge in [-0.05, 0) is 28.8 Å². The molecule has 0 atom stereocenters. The summed E-state index contributed by atoms with van der Waals surface area (Å²) < 4.78 is 13.7. The normalized spacial score (nSPS) is 16.1. The Labute approximate surface area is 168 Å². The van der Waals surface area contributed by atoms with Crippen molar-refractivity contribution >= 4 is 34.9 Å². The smallest absolute Gasteiger partial charge is 0.180 e. The molecule has 0 aromatic heterocycles. The summed E-state index contributed by atoms with van der Waals surface area (Å²) in [5.41, 5.74) is 8.91. The molecule has 0 saturated carbocycles. The van der Waals surface area contributed by atoms with Gasteiger partial charge in [0.25, 0.3) is 0 Å². The van der Waals surface area contributed by atoms with Crippen LogP contribution in [-0.2, 0) is 12.3 Å². The predicted octanol–water partition coefficient (Wildman–Crippen LogP) is 3.96. The van der Waals surface area contributed by atoms with Crippen LogP contribution in [0.1, 0.15) is 16.7 Å². The van der Waals surface area contributed by atoms with E-state index in [0.29, 0.717) is 5.17 Å². The van der Waals surface area contributed by atoms with E-state index in [4.69, 9.17) is 5.73 Å². The second-order valence-corrected chi connectivity index (χ2v) is 8.41.